The monoisotopic (exact) mass is 473 g/mol. The number of ether oxygens (including phenoxy) is 1. The van der Waals surface area contributed by atoms with Crippen molar-refractivity contribution in [1.29, 1.82) is 0 Å². The van der Waals surface area contributed by atoms with E-state index in [4.69, 9.17) is 24.5 Å². The summed E-state index contributed by atoms with van der Waals surface area (Å²) in [7, 11) is 4.00. The third-order valence-corrected chi connectivity index (χ3v) is 4.36. The van der Waals surface area contributed by atoms with E-state index in [-0.39, 0.29) is 11.8 Å². The van der Waals surface area contributed by atoms with Crippen LogP contribution >= 0.6 is 0 Å². The van der Waals surface area contributed by atoms with Gasteiger partial charge in [0.1, 0.15) is 18.4 Å². The fourth-order valence-electron chi connectivity index (χ4n) is 2.64. The van der Waals surface area contributed by atoms with Crippen molar-refractivity contribution in [2.24, 2.45) is 0 Å². The zero-order valence-electron chi connectivity index (χ0n) is 19.5. The second-order valence-electron chi connectivity index (χ2n) is 7.40. The maximum Gasteiger partial charge on any atom is 0.414 e. The Morgan fingerprint density at radius 1 is 0.941 bits per heavy atom. The molecule has 0 radical (unpaired) electrons. The number of aliphatic carboxylic acids is 2. The molecule has 0 aliphatic carbocycles. The minimum atomic E-state index is -1.82. The Kier molecular flexibility index (Phi) is 12.4. The van der Waals surface area contributed by atoms with E-state index in [9.17, 15) is 9.59 Å². The first-order valence-electron chi connectivity index (χ1n) is 10.6. The van der Waals surface area contributed by atoms with Crippen molar-refractivity contribution in [3.8, 4) is 5.75 Å². The van der Waals surface area contributed by atoms with Crippen molar-refractivity contribution in [2.45, 2.75) is 19.4 Å². The molecule has 0 saturated carbocycles. The van der Waals surface area contributed by atoms with Crippen molar-refractivity contribution in [2.75, 3.05) is 33.8 Å². The van der Waals surface area contributed by atoms with Crippen molar-refractivity contribution < 1.29 is 34.1 Å². The molecule has 0 aromatic heterocycles. The van der Waals surface area contributed by atoms with Gasteiger partial charge in [-0.05, 0) is 50.8 Å². The lowest BCUT2D eigenvalue weighted by Crippen LogP contribution is -2.48. The van der Waals surface area contributed by atoms with E-state index in [0.29, 0.717) is 25.1 Å². The molecule has 4 N–H and O–H groups in total. The zero-order valence-corrected chi connectivity index (χ0v) is 19.5. The highest BCUT2D eigenvalue weighted by molar-refractivity contribution is 6.27. The standard InChI is InChI=1S/C22H29N3O3.C2H2O4/c1-4-23-22(27)20(24-21(26)18-8-6-5-7-9-18)16-17-10-12-19(13-11-17)28-15-14-25(2)3;3-1(4)2(5)6/h5-13,20H,4,14-16H2,1-3H3,(H,23,27)(H,24,26);(H,3,4)(H,5,6). The summed E-state index contributed by atoms with van der Waals surface area (Å²) in [6.45, 7) is 3.82. The van der Waals surface area contributed by atoms with E-state index in [2.05, 4.69) is 15.5 Å². The summed E-state index contributed by atoms with van der Waals surface area (Å²) in [5.74, 6) is -3.32. The van der Waals surface area contributed by atoms with Crippen LogP contribution in [0, 0.1) is 0 Å². The third-order valence-electron chi connectivity index (χ3n) is 4.36. The predicted molar refractivity (Wildman–Crippen MR) is 126 cm³/mol. The van der Waals surface area contributed by atoms with Crippen molar-refractivity contribution >= 4 is 23.8 Å². The first-order chi connectivity index (χ1) is 16.1. The average Bonchev–Trinajstić information content (AvgIpc) is 2.80. The minimum absolute atomic E-state index is 0.196. The lowest BCUT2D eigenvalue weighted by molar-refractivity contribution is -0.159. The maximum atomic E-state index is 12.5. The van der Waals surface area contributed by atoms with E-state index in [1.54, 1.807) is 24.3 Å². The van der Waals surface area contributed by atoms with Gasteiger partial charge >= 0.3 is 11.9 Å². The molecule has 0 saturated heterocycles. The molecule has 0 spiro atoms. The lowest BCUT2D eigenvalue weighted by Gasteiger charge is -2.18. The van der Waals surface area contributed by atoms with Gasteiger partial charge in [-0.2, -0.15) is 0 Å². The van der Waals surface area contributed by atoms with Crippen LogP contribution in [0.5, 0.6) is 5.75 Å². The lowest BCUT2D eigenvalue weighted by atomic mass is 10.0. The molecule has 0 fully saturated rings. The molecule has 2 aromatic carbocycles. The summed E-state index contributed by atoms with van der Waals surface area (Å²) in [4.78, 5) is 45.2. The molecule has 1 unspecified atom stereocenters. The summed E-state index contributed by atoms with van der Waals surface area (Å²) < 4.78 is 5.69. The van der Waals surface area contributed by atoms with Crippen molar-refractivity contribution in [3.63, 3.8) is 0 Å². The summed E-state index contributed by atoms with van der Waals surface area (Å²) in [6, 6.07) is 15.9. The van der Waals surface area contributed by atoms with Crippen LogP contribution in [-0.4, -0.2) is 78.7 Å². The van der Waals surface area contributed by atoms with Gasteiger partial charge in [0, 0.05) is 25.1 Å². The quantitative estimate of drug-likeness (QED) is 0.378. The molecule has 1 atom stereocenters. The van der Waals surface area contributed by atoms with Crippen LogP contribution in [0.2, 0.25) is 0 Å². The number of carboxylic acid groups (broad SMARTS) is 2. The number of hydrogen-bond donors (Lipinski definition) is 4. The second kappa shape index (κ2) is 15.0. The normalized spacial score (nSPS) is 10.9. The molecule has 0 bridgehead atoms. The fraction of sp³-hybridized carbons (Fsp3) is 0.333. The Morgan fingerprint density at radius 3 is 2.03 bits per heavy atom. The predicted octanol–water partition coefficient (Wildman–Crippen LogP) is 1.26. The van der Waals surface area contributed by atoms with E-state index in [1.165, 1.54) is 0 Å². The van der Waals surface area contributed by atoms with Gasteiger partial charge in [-0.1, -0.05) is 30.3 Å². The van der Waals surface area contributed by atoms with Gasteiger partial charge in [-0.15, -0.1) is 0 Å². The Morgan fingerprint density at radius 2 is 1.53 bits per heavy atom. The smallest absolute Gasteiger partial charge is 0.414 e. The first kappa shape index (κ1) is 28.1. The van der Waals surface area contributed by atoms with E-state index >= 15 is 0 Å². The maximum absolute atomic E-state index is 12.5. The number of amides is 2. The zero-order chi connectivity index (χ0) is 25.5. The first-order valence-corrected chi connectivity index (χ1v) is 10.6. The van der Waals surface area contributed by atoms with Crippen LogP contribution in [0.4, 0.5) is 0 Å². The van der Waals surface area contributed by atoms with E-state index in [0.717, 1.165) is 17.9 Å². The summed E-state index contributed by atoms with van der Waals surface area (Å²) >= 11 is 0. The second-order valence-corrected chi connectivity index (χ2v) is 7.40. The van der Waals surface area contributed by atoms with Gasteiger partial charge in [0.05, 0.1) is 0 Å². The molecule has 0 aliphatic heterocycles. The minimum Gasteiger partial charge on any atom is -0.492 e. The molecule has 34 heavy (non-hydrogen) atoms. The molecule has 0 aliphatic rings. The van der Waals surface area contributed by atoms with Gasteiger partial charge in [-0.3, -0.25) is 9.59 Å². The molecule has 2 amide bonds. The highest BCUT2D eigenvalue weighted by Gasteiger charge is 2.21. The van der Waals surface area contributed by atoms with Gasteiger partial charge in [0.15, 0.2) is 0 Å². The van der Waals surface area contributed by atoms with Crippen LogP contribution in [0.25, 0.3) is 0 Å². The number of benzene rings is 2. The van der Waals surface area contributed by atoms with Crippen molar-refractivity contribution in [3.05, 3.63) is 65.7 Å². The molecule has 0 heterocycles. The number of nitrogens with zero attached hydrogens (tertiary/aromatic N) is 1. The van der Waals surface area contributed by atoms with Crippen molar-refractivity contribution in [1.82, 2.24) is 15.5 Å². The molecule has 2 rings (SSSR count). The number of hydrogen-bond acceptors (Lipinski definition) is 6. The highest BCUT2D eigenvalue weighted by atomic mass is 16.5. The molecule has 10 heteroatoms. The summed E-state index contributed by atoms with van der Waals surface area (Å²) in [6.07, 6.45) is 0.405. The van der Waals surface area contributed by atoms with Gasteiger partial charge in [0.2, 0.25) is 5.91 Å². The number of likely N-dealkylation sites (N-methyl/N-ethyl adjacent to an activating group) is 2. The van der Waals surface area contributed by atoms with Crippen LogP contribution < -0.4 is 15.4 Å². The molecule has 2 aromatic rings. The van der Waals surface area contributed by atoms with E-state index in [1.807, 2.05) is 51.4 Å². The van der Waals surface area contributed by atoms with Gasteiger partial charge < -0.3 is 30.5 Å². The van der Waals surface area contributed by atoms with Crippen LogP contribution in [0.3, 0.4) is 0 Å². The summed E-state index contributed by atoms with van der Waals surface area (Å²) in [5, 5.41) is 20.4. The topological polar surface area (TPSA) is 145 Å². The highest BCUT2D eigenvalue weighted by Crippen LogP contribution is 2.14. The number of carbonyl (C=O) groups excluding carboxylic acids is 2. The summed E-state index contributed by atoms with van der Waals surface area (Å²) in [5.41, 5.74) is 1.48. The Balaban J connectivity index is 0.000000852. The fourth-order valence-corrected chi connectivity index (χ4v) is 2.64. The van der Waals surface area contributed by atoms with Crippen LogP contribution in [0.15, 0.2) is 54.6 Å². The molecule has 184 valence electrons. The molecular formula is C24H31N3O7. The largest absolute Gasteiger partial charge is 0.492 e. The Hall–Kier alpha value is -3.92. The number of carbonyl (C=O) groups is 4. The Labute approximate surface area is 198 Å². The van der Waals surface area contributed by atoms with Gasteiger partial charge in [-0.25, -0.2) is 9.59 Å². The molecule has 10 nitrogen and oxygen atoms in total. The number of nitrogens with one attached hydrogen (secondary N) is 2. The van der Waals surface area contributed by atoms with Gasteiger partial charge in [0.25, 0.3) is 5.91 Å². The third kappa shape index (κ3) is 11.1. The SMILES string of the molecule is CCNC(=O)C(Cc1ccc(OCCN(C)C)cc1)NC(=O)c1ccccc1.O=C(O)C(=O)O. The average molecular weight is 474 g/mol. The molecular weight excluding hydrogens is 442 g/mol. The Bertz CT molecular complexity index is 919. The number of carboxylic acids is 2. The van der Waals surface area contributed by atoms with Crippen LogP contribution in [-0.2, 0) is 20.8 Å². The van der Waals surface area contributed by atoms with Crippen LogP contribution in [0.1, 0.15) is 22.8 Å². The van der Waals surface area contributed by atoms with E-state index < -0.39 is 18.0 Å². The number of rotatable bonds is 10.